The van der Waals surface area contributed by atoms with Crippen molar-refractivity contribution in [3.8, 4) is 0 Å². The molecule has 0 aromatic carbocycles. The van der Waals surface area contributed by atoms with Gasteiger partial charge in [0.2, 0.25) is 11.8 Å². The quantitative estimate of drug-likeness (QED) is 0.854. The second-order valence-electron chi connectivity index (χ2n) is 8.91. The molecule has 7 heteroatoms. The molecule has 2 N–H and O–H groups in total. The Bertz CT molecular complexity index is 890. The predicted molar refractivity (Wildman–Crippen MR) is 108 cm³/mol. The van der Waals surface area contributed by atoms with Crippen LogP contribution in [0.5, 0.6) is 0 Å². The summed E-state index contributed by atoms with van der Waals surface area (Å²) in [6.07, 6.45) is 4.88. The van der Waals surface area contributed by atoms with Gasteiger partial charge < -0.3 is 15.5 Å². The van der Waals surface area contributed by atoms with Crippen LogP contribution in [0.25, 0.3) is 5.65 Å². The lowest BCUT2D eigenvalue weighted by Gasteiger charge is -2.33. The highest BCUT2D eigenvalue weighted by atomic mass is 16.2. The Kier molecular flexibility index (Phi) is 4.77. The van der Waals surface area contributed by atoms with E-state index in [1.165, 1.54) is 0 Å². The maximum Gasteiger partial charge on any atom is 0.245 e. The molecular weight excluding hydrogens is 354 g/mol. The van der Waals surface area contributed by atoms with Crippen LogP contribution in [0.15, 0.2) is 24.4 Å². The minimum absolute atomic E-state index is 0.0177. The van der Waals surface area contributed by atoms with Gasteiger partial charge in [-0.2, -0.15) is 0 Å². The first-order valence-corrected chi connectivity index (χ1v) is 10.1. The number of nitrogens with one attached hydrogen (secondary N) is 2. The molecular formula is C21H29N5O2. The summed E-state index contributed by atoms with van der Waals surface area (Å²) in [6.45, 7) is 7.86. The molecule has 0 saturated carbocycles. The summed E-state index contributed by atoms with van der Waals surface area (Å²) in [7, 11) is 0. The third-order valence-corrected chi connectivity index (χ3v) is 5.54. The molecule has 4 heterocycles. The first kappa shape index (κ1) is 18.8. The Hall–Kier alpha value is -2.57. The molecule has 2 aliphatic heterocycles. The molecule has 0 spiro atoms. The van der Waals surface area contributed by atoms with Gasteiger partial charge in [0.25, 0.3) is 0 Å². The fourth-order valence-corrected chi connectivity index (χ4v) is 4.17. The molecule has 0 radical (unpaired) electrons. The van der Waals surface area contributed by atoms with Crippen LogP contribution in [-0.4, -0.2) is 50.8 Å². The Morgan fingerprint density at radius 3 is 2.61 bits per heavy atom. The molecule has 4 rings (SSSR count). The van der Waals surface area contributed by atoms with Crippen molar-refractivity contribution in [1.29, 1.82) is 0 Å². The summed E-state index contributed by atoms with van der Waals surface area (Å²) < 4.78 is 2.12. The summed E-state index contributed by atoms with van der Waals surface area (Å²) in [6, 6.07) is 5.71. The Labute approximate surface area is 165 Å². The van der Waals surface area contributed by atoms with Crippen molar-refractivity contribution in [2.75, 3.05) is 18.4 Å². The van der Waals surface area contributed by atoms with Crippen molar-refractivity contribution < 1.29 is 9.59 Å². The second kappa shape index (κ2) is 7.11. The third kappa shape index (κ3) is 3.70. The van der Waals surface area contributed by atoms with E-state index in [0.29, 0.717) is 31.8 Å². The number of hydrogen-bond acceptors (Lipinski definition) is 4. The number of amides is 2. The number of imidazole rings is 1. The number of hydrogen-bond donors (Lipinski definition) is 2. The normalized spacial score (nSPS) is 21.2. The van der Waals surface area contributed by atoms with Gasteiger partial charge in [-0.1, -0.05) is 6.07 Å². The van der Waals surface area contributed by atoms with Gasteiger partial charge in [-0.15, -0.1) is 0 Å². The SMILES string of the molecule is CC(C)(C)Nc1c(C2CCN(C(=O)C3CCC(=O)N3)CC2)nc2ccccn12. The average Bonchev–Trinajstić information content (AvgIpc) is 3.24. The maximum atomic E-state index is 12.7. The number of carbonyl (C=O) groups excluding carboxylic acids is 2. The van der Waals surface area contributed by atoms with E-state index in [4.69, 9.17) is 4.98 Å². The topological polar surface area (TPSA) is 78.7 Å². The summed E-state index contributed by atoms with van der Waals surface area (Å²) >= 11 is 0. The minimum atomic E-state index is -0.336. The molecule has 1 unspecified atom stereocenters. The smallest absolute Gasteiger partial charge is 0.245 e. The van der Waals surface area contributed by atoms with Gasteiger partial charge in [0, 0.05) is 37.2 Å². The van der Waals surface area contributed by atoms with E-state index < -0.39 is 0 Å². The Morgan fingerprint density at radius 1 is 1.21 bits per heavy atom. The van der Waals surface area contributed by atoms with Crippen molar-refractivity contribution in [1.82, 2.24) is 19.6 Å². The highest BCUT2D eigenvalue weighted by molar-refractivity contribution is 5.90. The summed E-state index contributed by atoms with van der Waals surface area (Å²) in [4.78, 5) is 30.9. The Balaban J connectivity index is 1.51. The van der Waals surface area contributed by atoms with Gasteiger partial charge in [-0.05, 0) is 52.2 Å². The molecule has 2 aromatic heterocycles. The predicted octanol–water partition coefficient (Wildman–Crippen LogP) is 2.53. The number of anilines is 1. The van der Waals surface area contributed by atoms with E-state index in [-0.39, 0.29) is 23.4 Å². The fraction of sp³-hybridized carbons (Fsp3) is 0.571. The van der Waals surface area contributed by atoms with Crippen molar-refractivity contribution >= 4 is 23.3 Å². The number of rotatable bonds is 3. The molecule has 7 nitrogen and oxygen atoms in total. The zero-order valence-corrected chi connectivity index (χ0v) is 16.9. The molecule has 28 heavy (non-hydrogen) atoms. The average molecular weight is 383 g/mol. The fourth-order valence-electron chi connectivity index (χ4n) is 4.17. The van der Waals surface area contributed by atoms with Gasteiger partial charge in [-0.25, -0.2) is 4.98 Å². The van der Waals surface area contributed by atoms with E-state index in [1.807, 2.05) is 29.3 Å². The summed E-state index contributed by atoms with van der Waals surface area (Å²) in [5.41, 5.74) is 1.96. The van der Waals surface area contributed by atoms with Crippen molar-refractivity contribution in [2.24, 2.45) is 0 Å². The lowest BCUT2D eigenvalue weighted by atomic mass is 9.92. The number of carbonyl (C=O) groups is 2. The van der Waals surface area contributed by atoms with Crippen LogP contribution in [0.1, 0.15) is 58.1 Å². The van der Waals surface area contributed by atoms with Crippen LogP contribution >= 0.6 is 0 Å². The van der Waals surface area contributed by atoms with Gasteiger partial charge in [-0.3, -0.25) is 14.0 Å². The van der Waals surface area contributed by atoms with Crippen molar-refractivity contribution in [3.05, 3.63) is 30.1 Å². The minimum Gasteiger partial charge on any atom is -0.365 e. The van der Waals surface area contributed by atoms with Gasteiger partial charge in [0.05, 0.1) is 5.69 Å². The molecule has 2 amide bonds. The molecule has 2 saturated heterocycles. The number of piperidine rings is 1. The van der Waals surface area contributed by atoms with Crippen molar-refractivity contribution in [2.45, 2.75) is 64.0 Å². The van der Waals surface area contributed by atoms with E-state index in [1.54, 1.807) is 0 Å². The van der Waals surface area contributed by atoms with E-state index in [0.717, 1.165) is 30.0 Å². The molecule has 2 aliphatic rings. The number of fused-ring (bicyclic) bond motifs is 1. The third-order valence-electron chi connectivity index (χ3n) is 5.54. The van der Waals surface area contributed by atoms with Crippen LogP contribution in [0.2, 0.25) is 0 Å². The van der Waals surface area contributed by atoms with Gasteiger partial charge in [0.15, 0.2) is 0 Å². The van der Waals surface area contributed by atoms with Crippen molar-refractivity contribution in [3.63, 3.8) is 0 Å². The highest BCUT2D eigenvalue weighted by Crippen LogP contribution is 2.34. The molecule has 1 atom stereocenters. The summed E-state index contributed by atoms with van der Waals surface area (Å²) in [5.74, 6) is 1.41. The van der Waals surface area contributed by atoms with Crippen LogP contribution in [0, 0.1) is 0 Å². The first-order valence-electron chi connectivity index (χ1n) is 10.1. The number of pyridine rings is 1. The van der Waals surface area contributed by atoms with Crippen LogP contribution < -0.4 is 10.6 Å². The molecule has 2 fully saturated rings. The zero-order chi connectivity index (χ0) is 19.9. The first-order chi connectivity index (χ1) is 13.3. The van der Waals surface area contributed by atoms with Gasteiger partial charge >= 0.3 is 0 Å². The largest absolute Gasteiger partial charge is 0.365 e. The van der Waals surface area contributed by atoms with E-state index in [9.17, 15) is 9.59 Å². The monoisotopic (exact) mass is 383 g/mol. The second-order valence-corrected chi connectivity index (χ2v) is 8.91. The lowest BCUT2D eigenvalue weighted by Crippen LogP contribution is -2.47. The Morgan fingerprint density at radius 2 is 1.96 bits per heavy atom. The number of nitrogens with zero attached hydrogens (tertiary/aromatic N) is 3. The maximum absolute atomic E-state index is 12.7. The molecule has 150 valence electrons. The van der Waals surface area contributed by atoms with Gasteiger partial charge in [0.1, 0.15) is 17.5 Å². The van der Waals surface area contributed by atoms with E-state index in [2.05, 4.69) is 35.8 Å². The zero-order valence-electron chi connectivity index (χ0n) is 16.9. The van der Waals surface area contributed by atoms with Crippen LogP contribution in [0.3, 0.4) is 0 Å². The molecule has 0 aliphatic carbocycles. The molecule has 0 bridgehead atoms. The number of aromatic nitrogens is 2. The van der Waals surface area contributed by atoms with E-state index >= 15 is 0 Å². The number of likely N-dealkylation sites (tertiary alicyclic amines) is 1. The van der Waals surface area contributed by atoms with Crippen LogP contribution in [0.4, 0.5) is 5.82 Å². The molecule has 2 aromatic rings. The summed E-state index contributed by atoms with van der Waals surface area (Å²) in [5, 5.41) is 6.42. The highest BCUT2D eigenvalue weighted by Gasteiger charge is 2.34. The van der Waals surface area contributed by atoms with Crippen LogP contribution in [-0.2, 0) is 9.59 Å². The standard InChI is InChI=1S/C21H29N5O2/c1-21(2,3)24-19-18(23-16-6-4-5-11-26(16)19)14-9-12-25(13-10-14)20(28)15-7-8-17(27)22-15/h4-6,11,14-15,24H,7-10,12-13H2,1-3H3,(H,22,27). The lowest BCUT2D eigenvalue weighted by molar-refractivity contribution is -0.135.